The van der Waals surface area contributed by atoms with Gasteiger partial charge in [0, 0.05) is 12.1 Å². The Morgan fingerprint density at radius 1 is 1.21 bits per heavy atom. The lowest BCUT2D eigenvalue weighted by Crippen LogP contribution is -2.31. The van der Waals surface area contributed by atoms with Crippen LogP contribution in [0.5, 0.6) is 5.88 Å². The van der Waals surface area contributed by atoms with Crippen molar-refractivity contribution in [1.29, 1.82) is 0 Å². The Hall–Kier alpha value is -2.77. The minimum atomic E-state index is -0.444. The first-order valence-corrected chi connectivity index (χ1v) is 10.3. The number of hydrogen-bond acceptors (Lipinski definition) is 5. The predicted molar refractivity (Wildman–Crippen MR) is 115 cm³/mol. The molecule has 29 heavy (non-hydrogen) atoms. The van der Waals surface area contributed by atoms with Gasteiger partial charge in [-0.15, -0.1) is 0 Å². The highest BCUT2D eigenvalue weighted by Crippen LogP contribution is 2.24. The molecule has 2 aromatic carbocycles. The molecule has 1 amide bonds. The molecule has 0 saturated carbocycles. The average Bonchev–Trinajstić information content (AvgIpc) is 2.72. The van der Waals surface area contributed by atoms with E-state index < -0.39 is 5.56 Å². The number of aromatic hydroxyl groups is 1. The van der Waals surface area contributed by atoms with Crippen molar-refractivity contribution in [3.63, 3.8) is 0 Å². The van der Waals surface area contributed by atoms with E-state index in [1.165, 1.54) is 4.57 Å². The second-order valence-electron chi connectivity index (χ2n) is 6.43. The van der Waals surface area contributed by atoms with Gasteiger partial charge in [-0.25, -0.2) is 0 Å². The zero-order valence-corrected chi connectivity index (χ0v) is 17.5. The van der Waals surface area contributed by atoms with E-state index in [1.54, 1.807) is 36.2 Å². The van der Waals surface area contributed by atoms with E-state index >= 15 is 0 Å². The normalized spacial score (nSPS) is 11.8. The molecule has 0 aliphatic carbocycles. The summed E-state index contributed by atoms with van der Waals surface area (Å²) in [5, 5.41) is 10.5. The van der Waals surface area contributed by atoms with Gasteiger partial charge < -0.3 is 10.0 Å². The molecule has 0 radical (unpaired) electrons. The molecular formula is C21H20ClN3O3S. The number of rotatable bonds is 6. The lowest BCUT2D eigenvalue weighted by molar-refractivity contribution is -0.128. The molecule has 0 fully saturated rings. The van der Waals surface area contributed by atoms with E-state index in [1.807, 2.05) is 37.3 Å². The van der Waals surface area contributed by atoms with E-state index in [-0.39, 0.29) is 28.7 Å². The van der Waals surface area contributed by atoms with E-state index in [4.69, 9.17) is 11.6 Å². The third-order valence-corrected chi connectivity index (χ3v) is 5.72. The Kier molecular flexibility index (Phi) is 6.61. The minimum absolute atomic E-state index is 0.0666. The molecule has 0 unspecified atom stereocenters. The highest BCUT2D eigenvalue weighted by Gasteiger charge is 2.19. The minimum Gasteiger partial charge on any atom is -0.493 e. The number of hydrogen-bond donors (Lipinski definition) is 1. The van der Waals surface area contributed by atoms with Gasteiger partial charge in [0.05, 0.1) is 23.5 Å². The van der Waals surface area contributed by atoms with Crippen molar-refractivity contribution in [2.45, 2.75) is 18.1 Å². The first kappa shape index (κ1) is 21.0. The molecule has 3 rings (SSSR count). The van der Waals surface area contributed by atoms with Crippen molar-refractivity contribution in [2.75, 3.05) is 12.8 Å². The number of halogens is 1. The average molecular weight is 430 g/mol. The quantitative estimate of drug-likeness (QED) is 0.475. The van der Waals surface area contributed by atoms with Crippen LogP contribution in [0.25, 0.3) is 5.69 Å². The van der Waals surface area contributed by atoms with Crippen molar-refractivity contribution >= 4 is 29.3 Å². The molecular weight excluding hydrogens is 410 g/mol. The fourth-order valence-corrected chi connectivity index (χ4v) is 3.84. The Morgan fingerprint density at radius 3 is 2.52 bits per heavy atom. The number of carbonyl (C=O) groups is 1. The van der Waals surface area contributed by atoms with E-state index in [0.29, 0.717) is 10.7 Å². The Bertz CT molecular complexity index is 1060. The molecule has 6 nitrogen and oxygen atoms in total. The third-order valence-electron chi connectivity index (χ3n) is 4.54. The number of benzene rings is 2. The Labute approximate surface area is 177 Å². The maximum absolute atomic E-state index is 12.7. The van der Waals surface area contributed by atoms with Crippen LogP contribution in [0.4, 0.5) is 0 Å². The first-order chi connectivity index (χ1) is 13.9. The number of thioether (sulfide) groups is 1. The summed E-state index contributed by atoms with van der Waals surface area (Å²) in [6.07, 6.45) is 0. The van der Waals surface area contributed by atoms with Crippen LogP contribution >= 0.6 is 23.4 Å². The Balaban J connectivity index is 1.80. The van der Waals surface area contributed by atoms with Gasteiger partial charge >= 0.3 is 0 Å². The van der Waals surface area contributed by atoms with Gasteiger partial charge in [-0.05, 0) is 36.8 Å². The highest BCUT2D eigenvalue weighted by atomic mass is 35.5. The summed E-state index contributed by atoms with van der Waals surface area (Å²) in [6, 6.07) is 17.3. The zero-order chi connectivity index (χ0) is 21.0. The maximum atomic E-state index is 12.7. The SMILES string of the molecule is C[C@@H](c1ccccc1)N(C)C(=O)CSc1nc(O)cc(=O)n1-c1ccc(Cl)cc1. The largest absolute Gasteiger partial charge is 0.493 e. The summed E-state index contributed by atoms with van der Waals surface area (Å²) < 4.78 is 1.34. The summed E-state index contributed by atoms with van der Waals surface area (Å²) in [7, 11) is 1.74. The van der Waals surface area contributed by atoms with Gasteiger partial charge in [0.1, 0.15) is 0 Å². The molecule has 150 valence electrons. The van der Waals surface area contributed by atoms with Crippen LogP contribution in [0.15, 0.2) is 70.6 Å². The fourth-order valence-electron chi connectivity index (χ4n) is 2.77. The van der Waals surface area contributed by atoms with Gasteiger partial charge in [0.25, 0.3) is 5.56 Å². The summed E-state index contributed by atoms with van der Waals surface area (Å²) in [5.41, 5.74) is 1.13. The predicted octanol–water partition coefficient (Wildman–Crippen LogP) is 3.90. The van der Waals surface area contributed by atoms with Crippen LogP contribution in [-0.2, 0) is 4.79 Å². The topological polar surface area (TPSA) is 75.4 Å². The van der Waals surface area contributed by atoms with Gasteiger partial charge in [0.15, 0.2) is 5.16 Å². The lowest BCUT2D eigenvalue weighted by atomic mass is 10.1. The molecule has 3 aromatic rings. The highest BCUT2D eigenvalue weighted by molar-refractivity contribution is 7.99. The molecule has 0 aliphatic rings. The molecule has 0 bridgehead atoms. The van der Waals surface area contributed by atoms with Crippen molar-refractivity contribution in [2.24, 2.45) is 0 Å². The van der Waals surface area contributed by atoms with Crippen LogP contribution in [0.3, 0.4) is 0 Å². The van der Waals surface area contributed by atoms with Gasteiger partial charge in [-0.2, -0.15) is 4.98 Å². The van der Waals surface area contributed by atoms with Crippen LogP contribution < -0.4 is 5.56 Å². The monoisotopic (exact) mass is 429 g/mol. The molecule has 8 heteroatoms. The second kappa shape index (κ2) is 9.15. The number of aromatic nitrogens is 2. The Morgan fingerprint density at radius 2 is 1.86 bits per heavy atom. The van der Waals surface area contributed by atoms with Crippen LogP contribution in [0, 0.1) is 0 Å². The molecule has 1 N–H and O–H groups in total. The van der Waals surface area contributed by atoms with Gasteiger partial charge in [-0.3, -0.25) is 14.2 Å². The molecule has 0 saturated heterocycles. The number of nitrogens with zero attached hydrogens (tertiary/aromatic N) is 3. The van der Waals surface area contributed by atoms with Gasteiger partial charge in [-0.1, -0.05) is 53.7 Å². The third kappa shape index (κ3) is 4.99. The van der Waals surface area contributed by atoms with Crippen LogP contribution in [0.2, 0.25) is 5.02 Å². The van der Waals surface area contributed by atoms with Crippen molar-refractivity contribution in [3.8, 4) is 11.6 Å². The number of amides is 1. The molecule has 1 aromatic heterocycles. The standard InChI is InChI=1S/C21H20ClN3O3S/c1-14(15-6-4-3-5-7-15)24(2)20(28)13-29-21-23-18(26)12-19(27)25(21)17-10-8-16(22)9-11-17/h3-12,14,26H,13H2,1-2H3/t14-/m0/s1. The lowest BCUT2D eigenvalue weighted by Gasteiger charge is -2.25. The smallest absolute Gasteiger partial charge is 0.262 e. The van der Waals surface area contributed by atoms with Gasteiger partial charge in [0.2, 0.25) is 11.8 Å². The first-order valence-electron chi connectivity index (χ1n) is 8.89. The summed E-state index contributed by atoms with van der Waals surface area (Å²) in [6.45, 7) is 1.95. The molecule has 0 spiro atoms. The van der Waals surface area contributed by atoms with Crippen molar-refractivity contribution in [3.05, 3.63) is 81.6 Å². The second-order valence-corrected chi connectivity index (χ2v) is 7.81. The maximum Gasteiger partial charge on any atom is 0.262 e. The molecule has 1 heterocycles. The van der Waals surface area contributed by atoms with Crippen molar-refractivity contribution < 1.29 is 9.90 Å². The van der Waals surface area contributed by atoms with Crippen LogP contribution in [0.1, 0.15) is 18.5 Å². The summed E-state index contributed by atoms with van der Waals surface area (Å²) >= 11 is 7.01. The van der Waals surface area contributed by atoms with E-state index in [2.05, 4.69) is 4.98 Å². The molecule has 1 atom stereocenters. The van der Waals surface area contributed by atoms with Crippen LogP contribution in [-0.4, -0.2) is 38.3 Å². The van der Waals surface area contributed by atoms with E-state index in [0.717, 1.165) is 23.4 Å². The summed E-state index contributed by atoms with van der Waals surface area (Å²) in [4.78, 5) is 30.8. The van der Waals surface area contributed by atoms with E-state index in [9.17, 15) is 14.7 Å². The summed E-state index contributed by atoms with van der Waals surface area (Å²) in [5.74, 6) is -0.440. The zero-order valence-electron chi connectivity index (χ0n) is 15.9. The number of carbonyl (C=O) groups excluding carboxylic acids is 1. The molecule has 0 aliphatic heterocycles. The van der Waals surface area contributed by atoms with Crippen molar-refractivity contribution in [1.82, 2.24) is 14.5 Å². The fraction of sp³-hybridized carbons (Fsp3) is 0.190.